The molecule has 0 amide bonds. The number of allylic oxidation sites excluding steroid dienone is 2. The number of furan rings is 1. The summed E-state index contributed by atoms with van der Waals surface area (Å²) in [7, 11) is 0. The molecule has 0 saturated heterocycles. The standard InChI is InChI=1S/C23H20N2O4S/c1-3-28-22(27)20-15(2)24-23-25(18(20)12-11-16-8-5-4-6-9-16)21(26)19(30-23)14-17-10-7-13-29-17/h4-14,18H,3H2,1-2H3/b12-11-,19-14+. The van der Waals surface area contributed by atoms with Crippen LogP contribution in [-0.2, 0) is 9.53 Å². The molecule has 0 spiro atoms. The van der Waals surface area contributed by atoms with Crippen LogP contribution in [0.4, 0.5) is 0 Å². The lowest BCUT2D eigenvalue weighted by Gasteiger charge is -2.21. The van der Waals surface area contributed by atoms with Crippen molar-refractivity contribution in [1.82, 2.24) is 4.57 Å². The summed E-state index contributed by atoms with van der Waals surface area (Å²) < 4.78 is 12.6. The number of hydrogen-bond acceptors (Lipinski definition) is 6. The molecule has 1 unspecified atom stereocenters. The molecule has 1 atom stereocenters. The number of benzene rings is 1. The Labute approximate surface area is 176 Å². The van der Waals surface area contributed by atoms with Gasteiger partial charge in [0, 0.05) is 6.08 Å². The predicted octanol–water partition coefficient (Wildman–Crippen LogP) is 3.06. The minimum Gasteiger partial charge on any atom is -0.465 e. The van der Waals surface area contributed by atoms with Gasteiger partial charge in [-0.25, -0.2) is 9.79 Å². The summed E-state index contributed by atoms with van der Waals surface area (Å²) in [5, 5.41) is 0. The maximum atomic E-state index is 13.2. The molecule has 30 heavy (non-hydrogen) atoms. The van der Waals surface area contributed by atoms with Gasteiger partial charge in [0.1, 0.15) is 5.76 Å². The van der Waals surface area contributed by atoms with E-state index in [1.54, 1.807) is 38.3 Å². The van der Waals surface area contributed by atoms with Crippen molar-refractivity contribution < 1.29 is 13.9 Å². The van der Waals surface area contributed by atoms with E-state index in [4.69, 9.17) is 9.15 Å². The van der Waals surface area contributed by atoms with Crippen molar-refractivity contribution in [2.45, 2.75) is 19.9 Å². The number of thiazole rings is 1. The normalized spacial score (nSPS) is 16.6. The van der Waals surface area contributed by atoms with Gasteiger partial charge in [-0.15, -0.1) is 0 Å². The molecular weight excluding hydrogens is 400 g/mol. The van der Waals surface area contributed by atoms with E-state index in [0.29, 0.717) is 26.4 Å². The van der Waals surface area contributed by atoms with Gasteiger partial charge in [0.25, 0.3) is 5.56 Å². The highest BCUT2D eigenvalue weighted by molar-refractivity contribution is 7.07. The highest BCUT2D eigenvalue weighted by atomic mass is 32.1. The fraction of sp³-hybridized carbons (Fsp3) is 0.174. The smallest absolute Gasteiger partial charge is 0.338 e. The van der Waals surface area contributed by atoms with Gasteiger partial charge in [-0.3, -0.25) is 9.36 Å². The average Bonchev–Trinajstić information content (AvgIpc) is 3.35. The van der Waals surface area contributed by atoms with Crippen LogP contribution in [-0.4, -0.2) is 17.1 Å². The van der Waals surface area contributed by atoms with Crippen LogP contribution in [0.25, 0.3) is 12.2 Å². The second kappa shape index (κ2) is 8.51. The summed E-state index contributed by atoms with van der Waals surface area (Å²) in [4.78, 5) is 31.0. The van der Waals surface area contributed by atoms with Crippen LogP contribution < -0.4 is 14.9 Å². The Morgan fingerprint density at radius 2 is 2.07 bits per heavy atom. The van der Waals surface area contributed by atoms with Gasteiger partial charge in [0.2, 0.25) is 0 Å². The van der Waals surface area contributed by atoms with Crippen molar-refractivity contribution in [2.24, 2.45) is 4.99 Å². The second-order valence-corrected chi connectivity index (χ2v) is 7.64. The lowest BCUT2D eigenvalue weighted by molar-refractivity contribution is -0.139. The van der Waals surface area contributed by atoms with Gasteiger partial charge < -0.3 is 9.15 Å². The maximum absolute atomic E-state index is 13.2. The Morgan fingerprint density at radius 1 is 1.27 bits per heavy atom. The molecule has 1 aliphatic rings. The van der Waals surface area contributed by atoms with Crippen molar-refractivity contribution in [1.29, 1.82) is 0 Å². The summed E-state index contributed by atoms with van der Waals surface area (Å²) >= 11 is 1.26. The van der Waals surface area contributed by atoms with Crippen LogP contribution in [0.1, 0.15) is 31.2 Å². The molecule has 7 heteroatoms. The van der Waals surface area contributed by atoms with Gasteiger partial charge in [-0.1, -0.05) is 53.8 Å². The molecule has 4 rings (SSSR count). The van der Waals surface area contributed by atoms with Crippen LogP contribution in [0, 0.1) is 0 Å². The van der Waals surface area contributed by atoms with Gasteiger partial charge in [0.15, 0.2) is 4.80 Å². The van der Waals surface area contributed by atoms with Crippen LogP contribution in [0.15, 0.2) is 80.3 Å². The Bertz CT molecular complexity index is 1300. The number of carbonyl (C=O) groups is 1. The minimum atomic E-state index is -0.612. The Balaban J connectivity index is 1.88. The molecule has 0 saturated carbocycles. The number of rotatable bonds is 5. The number of fused-ring (bicyclic) bond motifs is 1. The first-order valence-electron chi connectivity index (χ1n) is 9.55. The van der Waals surface area contributed by atoms with E-state index in [0.717, 1.165) is 5.56 Å². The van der Waals surface area contributed by atoms with E-state index in [1.165, 1.54) is 15.9 Å². The lowest BCUT2D eigenvalue weighted by atomic mass is 10.0. The molecule has 1 aromatic carbocycles. The molecular formula is C23H20N2O4S. The molecule has 1 aliphatic heterocycles. The minimum absolute atomic E-state index is 0.229. The number of esters is 1. The Morgan fingerprint density at radius 3 is 2.77 bits per heavy atom. The zero-order valence-corrected chi connectivity index (χ0v) is 17.4. The molecule has 2 aromatic heterocycles. The third-order valence-corrected chi connectivity index (χ3v) is 5.63. The molecule has 0 bridgehead atoms. The quantitative estimate of drug-likeness (QED) is 0.595. The van der Waals surface area contributed by atoms with Crippen molar-refractivity contribution >= 4 is 29.5 Å². The predicted molar refractivity (Wildman–Crippen MR) is 115 cm³/mol. The van der Waals surface area contributed by atoms with Gasteiger partial charge in [-0.2, -0.15) is 0 Å². The zero-order valence-electron chi connectivity index (χ0n) is 16.6. The van der Waals surface area contributed by atoms with E-state index in [-0.39, 0.29) is 12.2 Å². The number of carbonyl (C=O) groups excluding carboxylic acids is 1. The third kappa shape index (κ3) is 3.84. The third-order valence-electron chi connectivity index (χ3n) is 4.65. The largest absolute Gasteiger partial charge is 0.465 e. The first-order valence-corrected chi connectivity index (χ1v) is 10.4. The Kier molecular flexibility index (Phi) is 5.63. The van der Waals surface area contributed by atoms with Crippen LogP contribution in [0.2, 0.25) is 0 Å². The van der Waals surface area contributed by atoms with Crippen LogP contribution in [0.5, 0.6) is 0 Å². The van der Waals surface area contributed by atoms with Gasteiger partial charge >= 0.3 is 5.97 Å². The number of hydrogen-bond donors (Lipinski definition) is 0. The average molecular weight is 420 g/mol. The maximum Gasteiger partial charge on any atom is 0.338 e. The molecule has 0 fully saturated rings. The highest BCUT2D eigenvalue weighted by Crippen LogP contribution is 2.26. The monoisotopic (exact) mass is 420 g/mol. The van der Waals surface area contributed by atoms with Crippen molar-refractivity contribution in [2.75, 3.05) is 6.61 Å². The van der Waals surface area contributed by atoms with Crippen LogP contribution >= 0.6 is 11.3 Å². The van der Waals surface area contributed by atoms with E-state index < -0.39 is 12.0 Å². The summed E-state index contributed by atoms with van der Waals surface area (Å²) in [5.41, 5.74) is 1.64. The van der Waals surface area contributed by atoms with E-state index in [9.17, 15) is 9.59 Å². The summed E-state index contributed by atoms with van der Waals surface area (Å²) in [5.74, 6) is 0.111. The van der Waals surface area contributed by atoms with Crippen LogP contribution in [0.3, 0.4) is 0 Å². The SMILES string of the molecule is CCOC(=O)C1=C(C)N=c2s/c(=C/c3ccco3)c(=O)n2C1/C=C\c1ccccc1. The molecule has 6 nitrogen and oxygen atoms in total. The number of aromatic nitrogens is 1. The highest BCUT2D eigenvalue weighted by Gasteiger charge is 2.30. The van der Waals surface area contributed by atoms with Crippen molar-refractivity contribution in [3.63, 3.8) is 0 Å². The molecule has 3 aromatic rings. The van der Waals surface area contributed by atoms with Crippen molar-refractivity contribution in [3.05, 3.63) is 97.1 Å². The first-order chi connectivity index (χ1) is 14.6. The Hall–Kier alpha value is -3.45. The van der Waals surface area contributed by atoms with Gasteiger partial charge in [-0.05, 0) is 31.5 Å². The molecule has 152 valence electrons. The van der Waals surface area contributed by atoms with E-state index in [1.807, 2.05) is 42.5 Å². The lowest BCUT2D eigenvalue weighted by Crippen LogP contribution is -2.38. The molecule has 3 heterocycles. The molecule has 0 aliphatic carbocycles. The number of ether oxygens (including phenoxy) is 1. The summed E-state index contributed by atoms with van der Waals surface area (Å²) in [6, 6.07) is 12.6. The van der Waals surface area contributed by atoms with Gasteiger partial charge in [0.05, 0.1) is 34.7 Å². The second-order valence-electron chi connectivity index (χ2n) is 6.63. The fourth-order valence-corrected chi connectivity index (χ4v) is 4.32. The first kappa shape index (κ1) is 19.8. The van der Waals surface area contributed by atoms with E-state index >= 15 is 0 Å². The fourth-order valence-electron chi connectivity index (χ4n) is 3.29. The molecule has 0 N–H and O–H groups in total. The number of nitrogens with zero attached hydrogens (tertiary/aromatic N) is 2. The summed E-state index contributed by atoms with van der Waals surface area (Å²) in [6.07, 6.45) is 6.98. The zero-order chi connectivity index (χ0) is 21.1. The topological polar surface area (TPSA) is 73.8 Å². The molecule has 0 radical (unpaired) electrons. The summed E-state index contributed by atoms with van der Waals surface area (Å²) in [6.45, 7) is 3.76. The van der Waals surface area contributed by atoms with Crippen molar-refractivity contribution in [3.8, 4) is 0 Å². The van der Waals surface area contributed by atoms with E-state index in [2.05, 4.69) is 4.99 Å².